The van der Waals surface area contributed by atoms with Crippen molar-refractivity contribution in [2.24, 2.45) is 0 Å². The number of hydrogen-bond donors (Lipinski definition) is 0. The molecule has 146 valence electrons. The van der Waals surface area contributed by atoms with Crippen LogP contribution in [0.15, 0.2) is 65.2 Å². The van der Waals surface area contributed by atoms with Gasteiger partial charge in [-0.25, -0.2) is 9.37 Å². The number of fused-ring (bicyclic) bond motifs is 1. The average Bonchev–Trinajstić information content (AvgIpc) is 3.12. The molecule has 2 heterocycles. The van der Waals surface area contributed by atoms with E-state index in [9.17, 15) is 9.18 Å². The molecule has 0 radical (unpaired) electrons. The van der Waals surface area contributed by atoms with Gasteiger partial charge in [0.2, 0.25) is 0 Å². The van der Waals surface area contributed by atoms with E-state index >= 15 is 0 Å². The van der Waals surface area contributed by atoms with E-state index in [1.54, 1.807) is 30.0 Å². The standard InChI is InChI=1S/C23H20FN3O2/c1-3-27(14-16-8-7-11-18(24)12-16)23(28)19-13-20(17-9-5-4-6-10-17)25-22-21(19)15(2)26-29-22/h4-13H,3,14H2,1-2H3. The maximum absolute atomic E-state index is 13.6. The zero-order valence-electron chi connectivity index (χ0n) is 16.2. The van der Waals surface area contributed by atoms with Crippen LogP contribution in [0.5, 0.6) is 0 Å². The Bertz CT molecular complexity index is 1170. The van der Waals surface area contributed by atoms with Crippen LogP contribution in [0.2, 0.25) is 0 Å². The van der Waals surface area contributed by atoms with Crippen LogP contribution in [0.25, 0.3) is 22.4 Å². The summed E-state index contributed by atoms with van der Waals surface area (Å²) in [5, 5.41) is 4.60. The van der Waals surface area contributed by atoms with Crippen LogP contribution in [0, 0.1) is 12.7 Å². The number of amides is 1. The minimum absolute atomic E-state index is 0.173. The van der Waals surface area contributed by atoms with Crippen molar-refractivity contribution in [3.63, 3.8) is 0 Å². The number of hydrogen-bond acceptors (Lipinski definition) is 4. The van der Waals surface area contributed by atoms with E-state index in [1.165, 1.54) is 12.1 Å². The summed E-state index contributed by atoms with van der Waals surface area (Å²) >= 11 is 0. The number of carbonyl (C=O) groups excluding carboxylic acids is 1. The molecule has 0 aliphatic rings. The minimum Gasteiger partial charge on any atom is -0.335 e. The zero-order chi connectivity index (χ0) is 20.4. The summed E-state index contributed by atoms with van der Waals surface area (Å²) < 4.78 is 18.9. The molecule has 0 N–H and O–H groups in total. The van der Waals surface area contributed by atoms with Crippen molar-refractivity contribution in [2.45, 2.75) is 20.4 Å². The Hall–Kier alpha value is -3.54. The van der Waals surface area contributed by atoms with Gasteiger partial charge in [-0.1, -0.05) is 47.6 Å². The molecule has 2 aromatic carbocycles. The van der Waals surface area contributed by atoms with E-state index in [4.69, 9.17) is 4.52 Å². The SMILES string of the molecule is CCN(Cc1cccc(F)c1)C(=O)c1cc(-c2ccccc2)nc2onc(C)c12. The molecule has 5 nitrogen and oxygen atoms in total. The van der Waals surface area contributed by atoms with Crippen LogP contribution >= 0.6 is 0 Å². The minimum atomic E-state index is -0.321. The summed E-state index contributed by atoms with van der Waals surface area (Å²) in [7, 11) is 0. The van der Waals surface area contributed by atoms with Crippen molar-refractivity contribution in [3.05, 3.63) is 83.3 Å². The molecule has 0 aliphatic heterocycles. The van der Waals surface area contributed by atoms with Gasteiger partial charge in [0.25, 0.3) is 11.6 Å². The first kappa shape index (κ1) is 18.8. The molecule has 0 unspecified atom stereocenters. The number of carbonyl (C=O) groups is 1. The predicted octanol–water partition coefficient (Wildman–Crippen LogP) is 5.00. The number of pyridine rings is 1. The smallest absolute Gasteiger partial charge is 0.259 e. The second-order valence-electron chi connectivity index (χ2n) is 6.82. The van der Waals surface area contributed by atoms with E-state index < -0.39 is 0 Å². The number of aryl methyl sites for hydroxylation is 1. The first-order chi connectivity index (χ1) is 14.1. The fourth-order valence-corrected chi connectivity index (χ4v) is 3.37. The summed E-state index contributed by atoms with van der Waals surface area (Å²) in [5.41, 5.74) is 3.66. The van der Waals surface area contributed by atoms with E-state index in [-0.39, 0.29) is 11.7 Å². The van der Waals surface area contributed by atoms with Crippen molar-refractivity contribution < 1.29 is 13.7 Å². The Morgan fingerprint density at radius 3 is 2.62 bits per heavy atom. The first-order valence-electron chi connectivity index (χ1n) is 9.43. The zero-order valence-corrected chi connectivity index (χ0v) is 16.2. The van der Waals surface area contributed by atoms with Gasteiger partial charge in [0.1, 0.15) is 5.82 Å². The molecular formula is C23H20FN3O2. The Morgan fingerprint density at radius 2 is 1.90 bits per heavy atom. The largest absolute Gasteiger partial charge is 0.335 e. The second kappa shape index (κ2) is 7.83. The molecule has 4 aromatic rings. The quantitative estimate of drug-likeness (QED) is 0.482. The lowest BCUT2D eigenvalue weighted by Crippen LogP contribution is -2.30. The summed E-state index contributed by atoms with van der Waals surface area (Å²) in [6.45, 7) is 4.47. The molecule has 0 spiro atoms. The van der Waals surface area contributed by atoms with Crippen LogP contribution in [0.3, 0.4) is 0 Å². The maximum Gasteiger partial charge on any atom is 0.259 e. The highest BCUT2D eigenvalue weighted by atomic mass is 19.1. The van der Waals surface area contributed by atoms with E-state index in [2.05, 4.69) is 10.1 Å². The van der Waals surface area contributed by atoms with Gasteiger partial charge in [-0.15, -0.1) is 0 Å². The van der Waals surface area contributed by atoms with Crippen molar-refractivity contribution in [1.82, 2.24) is 15.0 Å². The molecule has 0 fully saturated rings. The van der Waals surface area contributed by atoms with Gasteiger partial charge >= 0.3 is 0 Å². The van der Waals surface area contributed by atoms with Crippen LogP contribution in [0.4, 0.5) is 4.39 Å². The summed E-state index contributed by atoms with van der Waals surface area (Å²) in [6, 6.07) is 17.7. The normalized spacial score (nSPS) is 11.0. The number of aromatic nitrogens is 2. The van der Waals surface area contributed by atoms with E-state index in [0.717, 1.165) is 11.1 Å². The van der Waals surface area contributed by atoms with Gasteiger partial charge in [-0.05, 0) is 37.6 Å². The molecule has 0 saturated carbocycles. The molecule has 0 aliphatic carbocycles. The number of nitrogens with zero attached hydrogens (tertiary/aromatic N) is 3. The maximum atomic E-state index is 13.6. The number of halogens is 1. The van der Waals surface area contributed by atoms with E-state index in [1.807, 2.05) is 37.3 Å². The molecule has 2 aromatic heterocycles. The van der Waals surface area contributed by atoms with Gasteiger partial charge < -0.3 is 9.42 Å². The fourth-order valence-electron chi connectivity index (χ4n) is 3.37. The first-order valence-corrected chi connectivity index (χ1v) is 9.43. The third kappa shape index (κ3) is 3.74. The lowest BCUT2D eigenvalue weighted by molar-refractivity contribution is 0.0754. The van der Waals surface area contributed by atoms with Crippen LogP contribution in [-0.4, -0.2) is 27.5 Å². The molecule has 1 amide bonds. The van der Waals surface area contributed by atoms with Gasteiger partial charge in [-0.3, -0.25) is 4.79 Å². The molecule has 0 atom stereocenters. The van der Waals surface area contributed by atoms with Gasteiger partial charge in [0, 0.05) is 18.7 Å². The predicted molar refractivity (Wildman–Crippen MR) is 109 cm³/mol. The van der Waals surface area contributed by atoms with Crippen LogP contribution in [-0.2, 0) is 6.54 Å². The Morgan fingerprint density at radius 1 is 1.10 bits per heavy atom. The monoisotopic (exact) mass is 389 g/mol. The molecule has 29 heavy (non-hydrogen) atoms. The van der Waals surface area contributed by atoms with Crippen molar-refractivity contribution >= 4 is 17.0 Å². The van der Waals surface area contributed by atoms with Crippen LogP contribution < -0.4 is 0 Å². The Kier molecular flexibility index (Phi) is 5.08. The van der Waals surface area contributed by atoms with Gasteiger partial charge in [-0.2, -0.15) is 0 Å². The second-order valence-corrected chi connectivity index (χ2v) is 6.82. The molecule has 0 saturated heterocycles. The molecule has 0 bridgehead atoms. The highest BCUT2D eigenvalue weighted by Gasteiger charge is 2.23. The molecular weight excluding hydrogens is 369 g/mol. The van der Waals surface area contributed by atoms with Crippen LogP contribution in [0.1, 0.15) is 28.5 Å². The third-order valence-corrected chi connectivity index (χ3v) is 4.85. The topological polar surface area (TPSA) is 59.2 Å². The van der Waals surface area contributed by atoms with Crippen molar-refractivity contribution in [2.75, 3.05) is 6.54 Å². The van der Waals surface area contributed by atoms with Gasteiger partial charge in [0.05, 0.1) is 22.3 Å². The number of rotatable bonds is 5. The lowest BCUT2D eigenvalue weighted by atomic mass is 10.0. The summed E-state index contributed by atoms with van der Waals surface area (Å²) in [4.78, 5) is 19.7. The lowest BCUT2D eigenvalue weighted by Gasteiger charge is -2.22. The molecule has 4 rings (SSSR count). The summed E-state index contributed by atoms with van der Waals surface area (Å²) in [5.74, 6) is -0.494. The van der Waals surface area contributed by atoms with E-state index in [0.29, 0.717) is 41.1 Å². The van der Waals surface area contributed by atoms with Crippen molar-refractivity contribution in [3.8, 4) is 11.3 Å². The highest BCUT2D eigenvalue weighted by Crippen LogP contribution is 2.28. The van der Waals surface area contributed by atoms with Crippen molar-refractivity contribution in [1.29, 1.82) is 0 Å². The average molecular weight is 389 g/mol. The number of benzene rings is 2. The summed E-state index contributed by atoms with van der Waals surface area (Å²) in [6.07, 6.45) is 0. The third-order valence-electron chi connectivity index (χ3n) is 4.85. The Labute approximate surface area is 167 Å². The molecule has 6 heteroatoms. The highest BCUT2D eigenvalue weighted by molar-refractivity contribution is 6.07. The van der Waals surface area contributed by atoms with Gasteiger partial charge in [0.15, 0.2) is 0 Å². The Balaban J connectivity index is 1.78. The fraction of sp³-hybridized carbons (Fsp3) is 0.174.